The molecule has 1 N–H and O–H groups in total. The Hall–Kier alpha value is -2.22. The third-order valence-corrected chi connectivity index (χ3v) is 4.37. The SMILES string of the molecule is CNc1nnc2n1CCN(C(=O)c1cccc(C(C)(F)F)c1Cl)C2. The van der Waals surface area contributed by atoms with Crippen LogP contribution >= 0.6 is 11.6 Å². The smallest absolute Gasteiger partial charge is 0.271 e. The molecule has 1 aliphatic rings. The highest BCUT2D eigenvalue weighted by atomic mass is 35.5. The lowest BCUT2D eigenvalue weighted by atomic mass is 10.0. The molecular formula is C15H16ClF2N5O. The fraction of sp³-hybridized carbons (Fsp3) is 0.400. The van der Waals surface area contributed by atoms with Gasteiger partial charge in [-0.1, -0.05) is 23.7 Å². The molecule has 3 rings (SSSR count). The van der Waals surface area contributed by atoms with Gasteiger partial charge in [0.25, 0.3) is 11.8 Å². The molecule has 0 unspecified atom stereocenters. The van der Waals surface area contributed by atoms with E-state index < -0.39 is 11.8 Å². The van der Waals surface area contributed by atoms with Crippen molar-refractivity contribution in [2.75, 3.05) is 18.9 Å². The Kier molecular flexibility index (Phi) is 4.16. The zero-order valence-electron chi connectivity index (χ0n) is 13.2. The molecule has 1 aromatic carbocycles. The van der Waals surface area contributed by atoms with E-state index in [-0.39, 0.29) is 22.7 Å². The highest BCUT2D eigenvalue weighted by molar-refractivity contribution is 6.34. The van der Waals surface area contributed by atoms with E-state index >= 15 is 0 Å². The molecule has 2 aromatic rings. The van der Waals surface area contributed by atoms with Gasteiger partial charge in [0.05, 0.1) is 17.1 Å². The number of amides is 1. The van der Waals surface area contributed by atoms with Crippen molar-refractivity contribution >= 4 is 23.5 Å². The molecule has 24 heavy (non-hydrogen) atoms. The summed E-state index contributed by atoms with van der Waals surface area (Å²) in [6, 6.07) is 4.10. The largest absolute Gasteiger partial charge is 0.357 e. The van der Waals surface area contributed by atoms with Crippen molar-refractivity contribution < 1.29 is 13.6 Å². The Morgan fingerprint density at radius 3 is 2.75 bits per heavy atom. The molecule has 0 fully saturated rings. The first kappa shape index (κ1) is 16.6. The Bertz CT molecular complexity index is 787. The second-order valence-corrected chi connectivity index (χ2v) is 6.00. The Balaban J connectivity index is 1.88. The number of fused-ring (bicyclic) bond motifs is 1. The second kappa shape index (κ2) is 6.01. The van der Waals surface area contributed by atoms with Crippen LogP contribution in [0.1, 0.15) is 28.7 Å². The number of aromatic nitrogens is 3. The van der Waals surface area contributed by atoms with Gasteiger partial charge >= 0.3 is 0 Å². The summed E-state index contributed by atoms with van der Waals surface area (Å²) in [6.45, 7) is 1.94. The number of nitrogens with one attached hydrogen (secondary N) is 1. The monoisotopic (exact) mass is 355 g/mol. The van der Waals surface area contributed by atoms with E-state index in [1.165, 1.54) is 23.1 Å². The molecule has 0 spiro atoms. The number of hydrogen-bond donors (Lipinski definition) is 1. The summed E-state index contributed by atoms with van der Waals surface area (Å²) in [7, 11) is 1.74. The van der Waals surface area contributed by atoms with Crippen LogP contribution in [-0.2, 0) is 19.0 Å². The van der Waals surface area contributed by atoms with Gasteiger partial charge in [0, 0.05) is 32.6 Å². The minimum absolute atomic E-state index is 0.0671. The van der Waals surface area contributed by atoms with Crippen molar-refractivity contribution in [1.82, 2.24) is 19.7 Å². The summed E-state index contributed by atoms with van der Waals surface area (Å²) in [5.41, 5.74) is -0.287. The highest BCUT2D eigenvalue weighted by Crippen LogP contribution is 2.35. The van der Waals surface area contributed by atoms with Crippen molar-refractivity contribution in [2.45, 2.75) is 25.9 Å². The topological polar surface area (TPSA) is 63.1 Å². The minimum atomic E-state index is -3.11. The number of nitrogens with zero attached hydrogens (tertiary/aromatic N) is 4. The molecule has 1 amide bonds. The van der Waals surface area contributed by atoms with Crippen molar-refractivity contribution in [1.29, 1.82) is 0 Å². The molecule has 9 heteroatoms. The van der Waals surface area contributed by atoms with Gasteiger partial charge in [-0.15, -0.1) is 10.2 Å². The lowest BCUT2D eigenvalue weighted by Gasteiger charge is -2.28. The molecule has 0 radical (unpaired) electrons. The van der Waals surface area contributed by atoms with Gasteiger partial charge in [0.2, 0.25) is 5.95 Å². The van der Waals surface area contributed by atoms with Crippen LogP contribution in [0.15, 0.2) is 18.2 Å². The van der Waals surface area contributed by atoms with Crippen LogP contribution in [-0.4, -0.2) is 39.2 Å². The lowest BCUT2D eigenvalue weighted by molar-refractivity contribution is 0.0175. The first-order chi connectivity index (χ1) is 11.3. The van der Waals surface area contributed by atoms with Gasteiger partial charge in [-0.2, -0.15) is 0 Å². The van der Waals surface area contributed by atoms with Crippen molar-refractivity contribution in [3.63, 3.8) is 0 Å². The summed E-state index contributed by atoms with van der Waals surface area (Å²) in [5, 5.41) is 10.7. The summed E-state index contributed by atoms with van der Waals surface area (Å²) >= 11 is 6.06. The van der Waals surface area contributed by atoms with E-state index in [0.29, 0.717) is 24.9 Å². The van der Waals surface area contributed by atoms with Crippen LogP contribution < -0.4 is 5.32 Å². The molecule has 6 nitrogen and oxygen atoms in total. The normalized spacial score (nSPS) is 14.5. The summed E-state index contributed by atoms with van der Waals surface area (Å²) in [6.07, 6.45) is 0. The lowest BCUT2D eigenvalue weighted by Crippen LogP contribution is -2.38. The highest BCUT2D eigenvalue weighted by Gasteiger charge is 2.31. The van der Waals surface area contributed by atoms with Gasteiger partial charge in [-0.3, -0.25) is 9.36 Å². The molecule has 0 aliphatic carbocycles. The molecule has 128 valence electrons. The quantitative estimate of drug-likeness (QED) is 0.919. The van der Waals surface area contributed by atoms with E-state index in [2.05, 4.69) is 15.5 Å². The van der Waals surface area contributed by atoms with Gasteiger partial charge in [-0.05, 0) is 6.07 Å². The molecule has 1 aliphatic heterocycles. The Labute approximate surface area is 142 Å². The molecular weight excluding hydrogens is 340 g/mol. The molecule has 0 bridgehead atoms. The van der Waals surface area contributed by atoms with Crippen molar-refractivity contribution in [2.24, 2.45) is 0 Å². The van der Waals surface area contributed by atoms with Gasteiger partial charge in [-0.25, -0.2) is 8.78 Å². The van der Waals surface area contributed by atoms with E-state index in [0.717, 1.165) is 6.92 Å². The van der Waals surface area contributed by atoms with Crippen LogP contribution in [0.2, 0.25) is 5.02 Å². The molecule has 2 heterocycles. The molecule has 0 atom stereocenters. The van der Waals surface area contributed by atoms with Crippen LogP contribution in [0.25, 0.3) is 0 Å². The maximum absolute atomic E-state index is 13.6. The van der Waals surface area contributed by atoms with Crippen molar-refractivity contribution in [3.8, 4) is 0 Å². The summed E-state index contributed by atoms with van der Waals surface area (Å²) in [4.78, 5) is 14.2. The average molecular weight is 356 g/mol. The maximum atomic E-state index is 13.6. The molecule has 0 saturated carbocycles. The second-order valence-electron chi connectivity index (χ2n) is 5.62. The standard InChI is InChI=1S/C15H16ClF2N5O/c1-15(17,18)10-5-3-4-9(12(10)16)13(24)22-6-7-23-11(8-22)20-21-14(23)19-2/h3-5H,6-8H2,1-2H3,(H,19,21). The van der Waals surface area contributed by atoms with Gasteiger partial charge in [0.15, 0.2) is 5.82 Å². The number of benzene rings is 1. The fourth-order valence-electron chi connectivity index (χ4n) is 2.72. The predicted octanol–water partition coefficient (Wildman–Crippen LogP) is 2.74. The number of rotatable bonds is 3. The van der Waals surface area contributed by atoms with E-state index in [4.69, 9.17) is 11.6 Å². The van der Waals surface area contributed by atoms with Crippen LogP contribution in [0.3, 0.4) is 0 Å². The molecule has 0 saturated heterocycles. The summed E-state index contributed by atoms with van der Waals surface area (Å²) in [5.74, 6) is -2.25. The van der Waals surface area contributed by atoms with Crippen LogP contribution in [0.5, 0.6) is 0 Å². The zero-order valence-corrected chi connectivity index (χ0v) is 13.9. The van der Waals surface area contributed by atoms with Gasteiger partial charge in [0.1, 0.15) is 0 Å². The number of alkyl halides is 2. The first-order valence-electron chi connectivity index (χ1n) is 7.39. The summed E-state index contributed by atoms with van der Waals surface area (Å²) < 4.78 is 29.1. The van der Waals surface area contributed by atoms with E-state index in [9.17, 15) is 13.6 Å². The number of halogens is 3. The Morgan fingerprint density at radius 1 is 1.33 bits per heavy atom. The maximum Gasteiger partial charge on any atom is 0.271 e. The minimum Gasteiger partial charge on any atom is -0.357 e. The number of anilines is 1. The molecule has 1 aromatic heterocycles. The number of carbonyl (C=O) groups excluding carboxylic acids is 1. The van der Waals surface area contributed by atoms with Gasteiger partial charge < -0.3 is 10.2 Å². The van der Waals surface area contributed by atoms with Crippen LogP contribution in [0, 0.1) is 0 Å². The first-order valence-corrected chi connectivity index (χ1v) is 7.76. The average Bonchev–Trinajstić information content (AvgIpc) is 2.95. The third kappa shape index (κ3) is 2.82. The zero-order chi connectivity index (χ0) is 17.5. The van der Waals surface area contributed by atoms with E-state index in [1.807, 2.05) is 4.57 Å². The van der Waals surface area contributed by atoms with E-state index in [1.54, 1.807) is 7.05 Å². The van der Waals surface area contributed by atoms with Crippen LogP contribution in [0.4, 0.5) is 14.7 Å². The third-order valence-electron chi connectivity index (χ3n) is 3.97. The fourth-order valence-corrected chi connectivity index (χ4v) is 3.10. The predicted molar refractivity (Wildman–Crippen MR) is 85.3 cm³/mol. The number of carbonyl (C=O) groups is 1. The number of hydrogen-bond acceptors (Lipinski definition) is 4. The van der Waals surface area contributed by atoms with Crippen molar-refractivity contribution in [3.05, 3.63) is 40.2 Å². The Morgan fingerprint density at radius 2 is 2.08 bits per heavy atom.